The summed E-state index contributed by atoms with van der Waals surface area (Å²) in [5.74, 6) is 2.39. The first kappa shape index (κ1) is 36.2. The molecule has 2 heterocycles. The first-order chi connectivity index (χ1) is 31.1. The number of aromatic nitrogens is 3. The predicted molar refractivity (Wildman–Crippen MR) is 261 cm³/mol. The molecule has 0 N–H and O–H groups in total. The molecule has 8 aromatic carbocycles. The average molecular weight is 822 g/mol. The zero-order valence-corrected chi connectivity index (χ0v) is 35.4. The Hall–Kier alpha value is -7.53. The molecule has 63 heavy (non-hydrogen) atoms. The van der Waals surface area contributed by atoms with E-state index >= 15 is 0 Å². The van der Waals surface area contributed by atoms with Crippen LogP contribution in [0.4, 0.5) is 0 Å². The fourth-order valence-corrected chi connectivity index (χ4v) is 12.0. The SMILES string of the molecule is CC1C=CC2=C(C1)c1cc(-c3ccccc3-c3nc(-c4ccccc4)nc(-c4cccc(-c5cccc6sc7ccccc7c56)c4)n3)ccc1C21c2ccccc2-c2ccccc21. The Balaban J connectivity index is 0.978. The van der Waals surface area contributed by atoms with Gasteiger partial charge in [-0.1, -0.05) is 183 Å². The minimum Gasteiger partial charge on any atom is -0.208 e. The van der Waals surface area contributed by atoms with Crippen LogP contribution in [0.25, 0.3) is 93.3 Å². The van der Waals surface area contributed by atoms with Crippen LogP contribution in [0.5, 0.6) is 0 Å². The number of allylic oxidation sites excluding steroid dienone is 4. The number of hydrogen-bond acceptors (Lipinski definition) is 4. The number of hydrogen-bond donors (Lipinski definition) is 0. The van der Waals surface area contributed by atoms with Crippen molar-refractivity contribution in [2.45, 2.75) is 18.8 Å². The molecule has 1 atom stereocenters. The van der Waals surface area contributed by atoms with Crippen molar-refractivity contribution < 1.29 is 0 Å². The number of rotatable bonds is 5. The fourth-order valence-electron chi connectivity index (χ4n) is 10.8. The van der Waals surface area contributed by atoms with Crippen molar-refractivity contribution in [3.05, 3.63) is 228 Å². The maximum atomic E-state index is 5.34. The van der Waals surface area contributed by atoms with Gasteiger partial charge in [-0.25, -0.2) is 15.0 Å². The molecule has 3 aliphatic carbocycles. The normalized spacial score (nSPS) is 15.5. The molecular weight excluding hydrogens is 783 g/mol. The highest BCUT2D eigenvalue weighted by atomic mass is 32.1. The highest BCUT2D eigenvalue weighted by Gasteiger charge is 2.52. The van der Waals surface area contributed by atoms with Crippen LogP contribution < -0.4 is 0 Å². The monoisotopic (exact) mass is 821 g/mol. The van der Waals surface area contributed by atoms with Gasteiger partial charge in [0.15, 0.2) is 17.5 Å². The largest absolute Gasteiger partial charge is 0.208 e. The maximum Gasteiger partial charge on any atom is 0.164 e. The molecule has 4 heteroatoms. The lowest BCUT2D eigenvalue weighted by molar-refractivity contribution is 0.725. The molecule has 0 saturated carbocycles. The summed E-state index contributed by atoms with van der Waals surface area (Å²) in [6.07, 6.45) is 5.85. The van der Waals surface area contributed by atoms with Crippen LogP contribution >= 0.6 is 11.3 Å². The molecule has 0 saturated heterocycles. The molecule has 0 aliphatic heterocycles. The fraction of sp³-hybridized carbons (Fsp3) is 0.0678. The average Bonchev–Trinajstić information content (AvgIpc) is 3.98. The molecule has 0 radical (unpaired) electrons. The second kappa shape index (κ2) is 14.0. The van der Waals surface area contributed by atoms with E-state index in [0.717, 1.165) is 39.8 Å². The topological polar surface area (TPSA) is 38.7 Å². The van der Waals surface area contributed by atoms with Crippen molar-refractivity contribution in [1.29, 1.82) is 0 Å². The number of nitrogens with zero attached hydrogens (tertiary/aromatic N) is 3. The lowest BCUT2D eigenvalue weighted by atomic mass is 9.68. The smallest absolute Gasteiger partial charge is 0.164 e. The summed E-state index contributed by atoms with van der Waals surface area (Å²) in [5.41, 5.74) is 18.1. The van der Waals surface area contributed by atoms with Crippen LogP contribution in [-0.2, 0) is 5.41 Å². The summed E-state index contributed by atoms with van der Waals surface area (Å²) >= 11 is 1.84. The van der Waals surface area contributed by atoms with Gasteiger partial charge in [0.1, 0.15) is 0 Å². The van der Waals surface area contributed by atoms with Crippen molar-refractivity contribution >= 4 is 37.1 Å². The highest BCUT2D eigenvalue weighted by molar-refractivity contribution is 7.25. The summed E-state index contributed by atoms with van der Waals surface area (Å²) in [5, 5.41) is 2.57. The number of benzene rings is 8. The van der Waals surface area contributed by atoms with Gasteiger partial charge in [-0.2, -0.15) is 0 Å². The lowest BCUT2D eigenvalue weighted by Crippen LogP contribution is -2.27. The number of fused-ring (bicyclic) bond motifs is 12. The molecule has 3 nitrogen and oxygen atoms in total. The molecule has 1 spiro atoms. The van der Waals surface area contributed by atoms with Crippen molar-refractivity contribution in [3.8, 4) is 67.5 Å². The summed E-state index contributed by atoms with van der Waals surface area (Å²) in [7, 11) is 0. The molecule has 0 bridgehead atoms. The van der Waals surface area contributed by atoms with Crippen LogP contribution in [0.1, 0.15) is 35.6 Å². The van der Waals surface area contributed by atoms with Crippen LogP contribution in [0.15, 0.2) is 206 Å². The van der Waals surface area contributed by atoms with Crippen LogP contribution in [0.2, 0.25) is 0 Å². The van der Waals surface area contributed by atoms with Crippen molar-refractivity contribution in [1.82, 2.24) is 15.0 Å². The Morgan fingerprint density at radius 2 is 1.02 bits per heavy atom. The standard InChI is InChI=1S/C59H39N3S/c1-36-29-31-51-47(33-36)48-35-39(30-32-52(48)59(51)49-25-10-7-20-43(49)44-21-8-11-26-50(44)59)41-19-5-6-22-45(41)58-61-56(37-15-3-2-4-16-37)60-57(62-58)40-18-13-17-38(34-40)42-24-14-28-54-55(42)46-23-9-12-27-53(46)63-54/h2-32,34-36H,33H2,1H3. The molecule has 10 aromatic rings. The molecular formula is C59H39N3S. The highest BCUT2D eigenvalue weighted by Crippen LogP contribution is 2.64. The molecule has 2 aromatic heterocycles. The Bertz CT molecular complexity index is 3530. The molecule has 1 unspecified atom stereocenters. The van der Waals surface area contributed by atoms with Gasteiger partial charge in [0, 0.05) is 36.9 Å². The summed E-state index contributed by atoms with van der Waals surface area (Å²) in [6, 6.07) is 68.2. The van der Waals surface area contributed by atoms with Gasteiger partial charge in [0.25, 0.3) is 0 Å². The minimum atomic E-state index is -0.350. The number of thiophene rings is 1. The third-order valence-electron chi connectivity index (χ3n) is 13.5. The zero-order valence-electron chi connectivity index (χ0n) is 34.6. The van der Waals surface area contributed by atoms with Crippen LogP contribution in [-0.4, -0.2) is 15.0 Å². The van der Waals surface area contributed by atoms with Crippen molar-refractivity contribution in [2.75, 3.05) is 0 Å². The second-order valence-corrected chi connectivity index (χ2v) is 18.2. The third-order valence-corrected chi connectivity index (χ3v) is 14.7. The van der Waals surface area contributed by atoms with E-state index in [1.807, 2.05) is 29.5 Å². The summed E-state index contributed by atoms with van der Waals surface area (Å²) in [6.45, 7) is 2.34. The minimum absolute atomic E-state index is 0.350. The van der Waals surface area contributed by atoms with E-state index in [-0.39, 0.29) is 5.41 Å². The van der Waals surface area contributed by atoms with Gasteiger partial charge in [-0.05, 0) is 103 Å². The van der Waals surface area contributed by atoms with Gasteiger partial charge >= 0.3 is 0 Å². The molecule has 296 valence electrons. The van der Waals surface area contributed by atoms with Gasteiger partial charge in [-0.15, -0.1) is 11.3 Å². The quantitative estimate of drug-likeness (QED) is 0.174. The maximum absolute atomic E-state index is 5.34. The van der Waals surface area contributed by atoms with Gasteiger partial charge in [-0.3, -0.25) is 0 Å². The lowest BCUT2D eigenvalue weighted by Gasteiger charge is -2.32. The second-order valence-electron chi connectivity index (χ2n) is 17.1. The first-order valence-electron chi connectivity index (χ1n) is 21.8. The predicted octanol–water partition coefficient (Wildman–Crippen LogP) is 15.3. The molecule has 0 fully saturated rings. The zero-order chi connectivity index (χ0) is 41.6. The van der Waals surface area contributed by atoms with E-state index in [2.05, 4.69) is 189 Å². The Morgan fingerprint density at radius 3 is 1.83 bits per heavy atom. The van der Waals surface area contributed by atoms with Crippen LogP contribution in [0, 0.1) is 5.92 Å². The van der Waals surface area contributed by atoms with E-state index in [4.69, 9.17) is 15.0 Å². The van der Waals surface area contributed by atoms with E-state index in [1.165, 1.54) is 70.3 Å². The van der Waals surface area contributed by atoms with Gasteiger partial charge in [0.05, 0.1) is 5.41 Å². The summed E-state index contributed by atoms with van der Waals surface area (Å²) < 4.78 is 2.58. The van der Waals surface area contributed by atoms with Gasteiger partial charge in [0.2, 0.25) is 0 Å². The Kier molecular flexibility index (Phi) is 8.03. The third kappa shape index (κ3) is 5.41. The molecule has 0 amide bonds. The molecule has 13 rings (SSSR count). The van der Waals surface area contributed by atoms with E-state index in [1.54, 1.807) is 0 Å². The molecule has 3 aliphatic rings. The van der Waals surface area contributed by atoms with Crippen LogP contribution in [0.3, 0.4) is 0 Å². The van der Waals surface area contributed by atoms with E-state index < -0.39 is 0 Å². The Morgan fingerprint density at radius 1 is 0.444 bits per heavy atom. The Labute approximate surface area is 370 Å². The van der Waals surface area contributed by atoms with E-state index in [9.17, 15) is 0 Å². The van der Waals surface area contributed by atoms with E-state index in [0.29, 0.717) is 23.4 Å². The van der Waals surface area contributed by atoms with Gasteiger partial charge < -0.3 is 0 Å². The van der Waals surface area contributed by atoms with Crippen molar-refractivity contribution in [3.63, 3.8) is 0 Å². The summed E-state index contributed by atoms with van der Waals surface area (Å²) in [4.78, 5) is 15.8. The first-order valence-corrected chi connectivity index (χ1v) is 22.6. The van der Waals surface area contributed by atoms with Crippen molar-refractivity contribution in [2.24, 2.45) is 5.92 Å².